The predicted molar refractivity (Wildman–Crippen MR) is 115 cm³/mol. The van der Waals surface area contributed by atoms with Crippen molar-refractivity contribution >= 4 is 35.9 Å². The standard InChI is InChI=1S/C19H30FN3O2.HI/c1-3-25-18(24)11-6-4-5-7-13-22-19(21-2)23-14-12-16-9-8-10-17(20)15-16;/h8-10,15H,3-7,11-14H2,1-2H3,(H2,21,22,23);1H. The lowest BCUT2D eigenvalue weighted by molar-refractivity contribution is -0.143. The van der Waals surface area contributed by atoms with E-state index < -0.39 is 0 Å². The Morgan fingerprint density at radius 2 is 1.88 bits per heavy atom. The van der Waals surface area contributed by atoms with Crippen LogP contribution < -0.4 is 10.6 Å². The molecule has 0 atom stereocenters. The molecule has 148 valence electrons. The van der Waals surface area contributed by atoms with Crippen LogP contribution in [-0.4, -0.2) is 38.7 Å². The van der Waals surface area contributed by atoms with Gasteiger partial charge >= 0.3 is 5.97 Å². The third kappa shape index (κ3) is 12.1. The van der Waals surface area contributed by atoms with Gasteiger partial charge in [0.15, 0.2) is 5.96 Å². The third-order valence-corrected chi connectivity index (χ3v) is 3.72. The van der Waals surface area contributed by atoms with Gasteiger partial charge in [-0.15, -0.1) is 24.0 Å². The van der Waals surface area contributed by atoms with Gasteiger partial charge in [-0.05, 0) is 43.9 Å². The van der Waals surface area contributed by atoms with E-state index in [-0.39, 0.29) is 35.8 Å². The summed E-state index contributed by atoms with van der Waals surface area (Å²) in [4.78, 5) is 15.4. The van der Waals surface area contributed by atoms with E-state index in [1.807, 2.05) is 13.0 Å². The Kier molecular flexibility index (Phi) is 15.0. The fraction of sp³-hybridized carbons (Fsp3) is 0.579. The molecule has 0 saturated heterocycles. The van der Waals surface area contributed by atoms with Crippen LogP contribution in [0.1, 0.15) is 44.6 Å². The molecule has 0 heterocycles. The second-order valence-corrected chi connectivity index (χ2v) is 5.77. The summed E-state index contributed by atoms with van der Waals surface area (Å²) >= 11 is 0. The van der Waals surface area contributed by atoms with Gasteiger partial charge in [0.1, 0.15) is 5.82 Å². The van der Waals surface area contributed by atoms with E-state index in [1.54, 1.807) is 19.2 Å². The van der Waals surface area contributed by atoms with Crippen molar-refractivity contribution in [1.82, 2.24) is 10.6 Å². The number of carbonyl (C=O) groups is 1. The number of halogens is 2. The zero-order valence-corrected chi connectivity index (χ0v) is 18.1. The van der Waals surface area contributed by atoms with Crippen molar-refractivity contribution in [2.75, 3.05) is 26.7 Å². The quantitative estimate of drug-likeness (QED) is 0.167. The molecule has 0 amide bonds. The first-order chi connectivity index (χ1) is 12.2. The second-order valence-electron chi connectivity index (χ2n) is 5.77. The van der Waals surface area contributed by atoms with Crippen molar-refractivity contribution in [3.05, 3.63) is 35.6 Å². The van der Waals surface area contributed by atoms with Crippen molar-refractivity contribution < 1.29 is 13.9 Å². The van der Waals surface area contributed by atoms with Gasteiger partial charge in [-0.25, -0.2) is 4.39 Å². The van der Waals surface area contributed by atoms with Gasteiger partial charge in [-0.1, -0.05) is 25.0 Å². The third-order valence-electron chi connectivity index (χ3n) is 3.72. The van der Waals surface area contributed by atoms with Crippen LogP contribution in [0.25, 0.3) is 0 Å². The summed E-state index contributed by atoms with van der Waals surface area (Å²) in [7, 11) is 1.73. The van der Waals surface area contributed by atoms with Crippen LogP contribution in [-0.2, 0) is 16.0 Å². The van der Waals surface area contributed by atoms with Crippen molar-refractivity contribution in [2.45, 2.75) is 45.4 Å². The molecule has 0 saturated carbocycles. The highest BCUT2D eigenvalue weighted by Crippen LogP contribution is 2.04. The summed E-state index contributed by atoms with van der Waals surface area (Å²) < 4.78 is 18.0. The minimum Gasteiger partial charge on any atom is -0.466 e. The molecule has 1 aromatic carbocycles. The van der Waals surface area contributed by atoms with E-state index in [0.29, 0.717) is 19.6 Å². The highest BCUT2D eigenvalue weighted by atomic mass is 127. The lowest BCUT2D eigenvalue weighted by Gasteiger charge is -2.12. The molecule has 1 rings (SSSR count). The molecule has 2 N–H and O–H groups in total. The lowest BCUT2D eigenvalue weighted by atomic mass is 10.1. The number of hydrogen-bond donors (Lipinski definition) is 2. The maximum atomic E-state index is 13.1. The van der Waals surface area contributed by atoms with Gasteiger partial charge in [-0.2, -0.15) is 0 Å². The molecule has 1 aromatic rings. The molecule has 0 fully saturated rings. The lowest BCUT2D eigenvalue weighted by Crippen LogP contribution is -2.38. The van der Waals surface area contributed by atoms with Gasteiger partial charge in [-0.3, -0.25) is 9.79 Å². The van der Waals surface area contributed by atoms with Crippen LogP contribution in [0.4, 0.5) is 4.39 Å². The maximum Gasteiger partial charge on any atom is 0.305 e. The Morgan fingerprint density at radius 1 is 1.15 bits per heavy atom. The van der Waals surface area contributed by atoms with Crippen molar-refractivity contribution in [3.63, 3.8) is 0 Å². The van der Waals surface area contributed by atoms with E-state index in [0.717, 1.165) is 50.2 Å². The van der Waals surface area contributed by atoms with Crippen LogP contribution in [0, 0.1) is 5.82 Å². The number of esters is 1. The molecule has 0 aliphatic rings. The molecular formula is C19H31FIN3O2. The summed E-state index contributed by atoms with van der Waals surface area (Å²) in [6.45, 7) is 3.80. The fourth-order valence-electron chi connectivity index (χ4n) is 2.43. The van der Waals surface area contributed by atoms with E-state index in [9.17, 15) is 9.18 Å². The molecule has 26 heavy (non-hydrogen) atoms. The number of nitrogens with one attached hydrogen (secondary N) is 2. The van der Waals surface area contributed by atoms with Gasteiger partial charge < -0.3 is 15.4 Å². The molecule has 0 spiro atoms. The number of carbonyl (C=O) groups excluding carboxylic acids is 1. The first-order valence-corrected chi connectivity index (χ1v) is 9.00. The highest BCUT2D eigenvalue weighted by Gasteiger charge is 2.01. The number of guanidine groups is 1. The summed E-state index contributed by atoms with van der Waals surface area (Å²) in [6.07, 6.45) is 5.22. The summed E-state index contributed by atoms with van der Waals surface area (Å²) in [5.41, 5.74) is 0.963. The minimum absolute atomic E-state index is 0. The van der Waals surface area contributed by atoms with Crippen LogP contribution in [0.2, 0.25) is 0 Å². The average molecular weight is 479 g/mol. The van der Waals surface area contributed by atoms with E-state index in [2.05, 4.69) is 15.6 Å². The van der Waals surface area contributed by atoms with Gasteiger partial charge in [0, 0.05) is 26.6 Å². The number of nitrogens with zero attached hydrogens (tertiary/aromatic N) is 1. The Morgan fingerprint density at radius 3 is 2.58 bits per heavy atom. The van der Waals surface area contributed by atoms with Crippen LogP contribution in [0.5, 0.6) is 0 Å². The van der Waals surface area contributed by atoms with E-state index in [1.165, 1.54) is 6.07 Å². The molecule has 7 heteroatoms. The SMILES string of the molecule is CCOC(=O)CCCCCCNC(=NC)NCCc1cccc(F)c1.I. The minimum atomic E-state index is -0.206. The molecule has 0 radical (unpaired) electrons. The van der Waals surface area contributed by atoms with Gasteiger partial charge in [0.2, 0.25) is 0 Å². The van der Waals surface area contributed by atoms with Crippen molar-refractivity contribution in [2.24, 2.45) is 4.99 Å². The zero-order chi connectivity index (χ0) is 18.3. The molecule has 0 aromatic heterocycles. The highest BCUT2D eigenvalue weighted by molar-refractivity contribution is 14.0. The summed E-state index contributed by atoms with van der Waals surface area (Å²) in [5.74, 6) is 0.439. The Labute approximate surface area is 173 Å². The monoisotopic (exact) mass is 479 g/mol. The Balaban J connectivity index is 0.00000625. The Hall–Kier alpha value is -1.38. The normalized spacial score (nSPS) is 10.8. The van der Waals surface area contributed by atoms with E-state index in [4.69, 9.17) is 4.74 Å². The number of ether oxygens (including phenoxy) is 1. The zero-order valence-electron chi connectivity index (χ0n) is 15.7. The number of hydrogen-bond acceptors (Lipinski definition) is 3. The van der Waals surface area contributed by atoms with Gasteiger partial charge in [0.05, 0.1) is 6.61 Å². The topological polar surface area (TPSA) is 62.7 Å². The van der Waals surface area contributed by atoms with Crippen LogP contribution >= 0.6 is 24.0 Å². The fourth-order valence-corrected chi connectivity index (χ4v) is 2.43. The van der Waals surface area contributed by atoms with E-state index >= 15 is 0 Å². The number of unbranched alkanes of at least 4 members (excludes halogenated alkanes) is 3. The average Bonchev–Trinajstić information content (AvgIpc) is 2.59. The second kappa shape index (κ2) is 15.8. The van der Waals surface area contributed by atoms with Crippen LogP contribution in [0.15, 0.2) is 29.3 Å². The number of aliphatic imine (C=N–C) groups is 1. The van der Waals surface area contributed by atoms with Crippen LogP contribution in [0.3, 0.4) is 0 Å². The summed E-state index contributed by atoms with van der Waals surface area (Å²) in [5, 5.41) is 6.48. The molecule has 0 bridgehead atoms. The predicted octanol–water partition coefficient (Wildman–Crippen LogP) is 3.66. The van der Waals surface area contributed by atoms with Crippen molar-refractivity contribution in [3.8, 4) is 0 Å². The molecular weight excluding hydrogens is 448 g/mol. The molecule has 0 aliphatic carbocycles. The first kappa shape index (κ1) is 24.6. The maximum absolute atomic E-state index is 13.1. The first-order valence-electron chi connectivity index (χ1n) is 9.00. The largest absolute Gasteiger partial charge is 0.466 e. The number of rotatable bonds is 11. The number of benzene rings is 1. The molecule has 5 nitrogen and oxygen atoms in total. The molecule has 0 unspecified atom stereocenters. The van der Waals surface area contributed by atoms with Crippen molar-refractivity contribution in [1.29, 1.82) is 0 Å². The summed E-state index contributed by atoms with van der Waals surface area (Å²) in [6, 6.07) is 6.63. The van der Waals surface area contributed by atoms with Gasteiger partial charge in [0.25, 0.3) is 0 Å². The smallest absolute Gasteiger partial charge is 0.305 e. The Bertz CT molecular complexity index is 541. The molecule has 0 aliphatic heterocycles.